The average molecular weight is 780 g/mol. The highest BCUT2D eigenvalue weighted by Gasteiger charge is 2.45. The lowest BCUT2D eigenvalue weighted by Gasteiger charge is -2.30. The van der Waals surface area contributed by atoms with Gasteiger partial charge in [-0.1, -0.05) is 182 Å². The molecule has 10 aromatic carbocycles. The van der Waals surface area contributed by atoms with Crippen molar-refractivity contribution in [3.63, 3.8) is 0 Å². The second-order valence-corrected chi connectivity index (χ2v) is 17.2. The molecular weight excluding hydrogens is 735 g/mol. The number of hydrogen-bond donors (Lipinski definition) is 0. The summed E-state index contributed by atoms with van der Waals surface area (Å²) in [6.07, 6.45) is 4.96. The first-order valence-electron chi connectivity index (χ1n) is 21.9. The zero-order valence-corrected chi connectivity index (χ0v) is 34.4. The summed E-state index contributed by atoms with van der Waals surface area (Å²) in [4.78, 5) is 2.50. The molecule has 0 aliphatic heterocycles. The third-order valence-electron chi connectivity index (χ3n) is 13.8. The van der Waals surface area contributed by atoms with E-state index in [0.29, 0.717) is 0 Å². The quantitative estimate of drug-likeness (QED) is 0.152. The Morgan fingerprint density at radius 1 is 0.361 bits per heavy atom. The van der Waals surface area contributed by atoms with Crippen LogP contribution >= 0.6 is 0 Å². The number of anilines is 3. The molecule has 2 aliphatic carbocycles. The van der Waals surface area contributed by atoms with Gasteiger partial charge in [0.1, 0.15) is 0 Å². The summed E-state index contributed by atoms with van der Waals surface area (Å²) in [5.74, 6) is 0. The van der Waals surface area contributed by atoms with Crippen molar-refractivity contribution in [3.8, 4) is 44.5 Å². The van der Waals surface area contributed by atoms with Crippen molar-refractivity contribution in [2.24, 2.45) is 0 Å². The summed E-state index contributed by atoms with van der Waals surface area (Å²) < 4.78 is 0. The van der Waals surface area contributed by atoms with Gasteiger partial charge in [-0.05, 0) is 150 Å². The van der Waals surface area contributed by atoms with Gasteiger partial charge in [-0.3, -0.25) is 0 Å². The van der Waals surface area contributed by atoms with Gasteiger partial charge in [-0.25, -0.2) is 0 Å². The number of nitrogens with zero attached hydrogens (tertiary/aromatic N) is 1. The topological polar surface area (TPSA) is 3.24 Å². The van der Waals surface area contributed by atoms with Crippen molar-refractivity contribution in [1.29, 1.82) is 0 Å². The first kappa shape index (κ1) is 35.7. The van der Waals surface area contributed by atoms with Crippen LogP contribution in [0, 0.1) is 6.92 Å². The lowest BCUT2D eigenvalue weighted by molar-refractivity contribution is 0.550. The predicted octanol–water partition coefficient (Wildman–Crippen LogP) is 16.8. The van der Waals surface area contributed by atoms with E-state index < -0.39 is 0 Å². The van der Waals surface area contributed by atoms with Gasteiger partial charge >= 0.3 is 0 Å². The molecule has 1 nitrogen and oxygen atoms in total. The Morgan fingerprint density at radius 3 is 1.62 bits per heavy atom. The third kappa shape index (κ3) is 5.61. The summed E-state index contributed by atoms with van der Waals surface area (Å²) in [5.41, 5.74) is 18.1. The minimum absolute atomic E-state index is 0.0835. The highest BCUT2D eigenvalue weighted by Crippen LogP contribution is 2.58. The first-order valence-corrected chi connectivity index (χ1v) is 21.9. The monoisotopic (exact) mass is 779 g/mol. The summed E-state index contributed by atoms with van der Waals surface area (Å²) in [6, 6.07) is 77.3. The first-order chi connectivity index (χ1) is 30.2. The Kier molecular flexibility index (Phi) is 8.32. The molecule has 61 heavy (non-hydrogen) atoms. The van der Waals surface area contributed by atoms with E-state index in [1.807, 2.05) is 0 Å². The van der Waals surface area contributed by atoms with E-state index in [-0.39, 0.29) is 5.41 Å². The Balaban J connectivity index is 1.17. The van der Waals surface area contributed by atoms with E-state index in [1.54, 1.807) is 0 Å². The molecule has 1 spiro atoms. The third-order valence-corrected chi connectivity index (χ3v) is 13.8. The van der Waals surface area contributed by atoms with Crippen LogP contribution < -0.4 is 4.90 Å². The number of fused-ring (bicyclic) bond motifs is 11. The zero-order chi connectivity index (χ0) is 40.5. The molecule has 0 radical (unpaired) electrons. The van der Waals surface area contributed by atoms with Crippen LogP contribution in [0.5, 0.6) is 0 Å². The Morgan fingerprint density at radius 2 is 0.902 bits per heavy atom. The Hall–Kier alpha value is -7.22. The predicted molar refractivity (Wildman–Crippen MR) is 259 cm³/mol. The maximum atomic E-state index is 2.54. The fourth-order valence-corrected chi connectivity index (χ4v) is 11.1. The maximum Gasteiger partial charge on any atom is 0.0468 e. The van der Waals surface area contributed by atoms with Gasteiger partial charge in [-0.15, -0.1) is 0 Å². The van der Waals surface area contributed by atoms with Gasteiger partial charge in [0, 0.05) is 22.5 Å². The van der Waals surface area contributed by atoms with Crippen molar-refractivity contribution in [2.75, 3.05) is 4.90 Å². The molecule has 290 valence electrons. The van der Waals surface area contributed by atoms with Gasteiger partial charge in [0.15, 0.2) is 0 Å². The molecule has 10 aromatic rings. The van der Waals surface area contributed by atoms with E-state index in [1.165, 1.54) is 125 Å². The molecule has 1 heteroatoms. The molecule has 12 rings (SSSR count). The van der Waals surface area contributed by atoms with E-state index in [4.69, 9.17) is 0 Å². The minimum Gasteiger partial charge on any atom is -0.310 e. The van der Waals surface area contributed by atoms with Crippen LogP contribution in [-0.4, -0.2) is 0 Å². The highest BCUT2D eigenvalue weighted by molar-refractivity contribution is 6.33. The molecule has 0 saturated heterocycles. The van der Waals surface area contributed by atoms with E-state index in [9.17, 15) is 0 Å². The fourth-order valence-electron chi connectivity index (χ4n) is 11.1. The molecule has 0 atom stereocenters. The maximum absolute atomic E-state index is 2.54. The molecule has 0 unspecified atom stereocenters. The van der Waals surface area contributed by atoms with Crippen LogP contribution in [0.3, 0.4) is 0 Å². The SMILES string of the molecule is Cc1ccc(N(c2ccc3c(c2)C2(CCCC2)c2ccccc2-3)c2ccc3c(c2)c2ccccc2c2c(-c4ccccc4)cc(-c4ccccc4)c(-c4ccccc4)c32)cc1. The molecule has 0 heterocycles. The molecule has 1 fully saturated rings. The fraction of sp³-hybridized carbons (Fsp3) is 0.100. The largest absolute Gasteiger partial charge is 0.310 e. The Labute approximate surface area is 358 Å². The summed E-state index contributed by atoms with van der Waals surface area (Å²) in [6.45, 7) is 2.18. The molecule has 2 aliphatic rings. The van der Waals surface area contributed by atoms with Crippen LogP contribution in [-0.2, 0) is 5.41 Å². The molecular formula is C60H45N. The van der Waals surface area contributed by atoms with Crippen LogP contribution in [0.2, 0.25) is 0 Å². The average Bonchev–Trinajstić information content (AvgIpc) is 3.93. The summed E-state index contributed by atoms with van der Waals surface area (Å²) >= 11 is 0. The van der Waals surface area contributed by atoms with Gasteiger partial charge < -0.3 is 4.90 Å². The number of rotatable bonds is 6. The van der Waals surface area contributed by atoms with Crippen molar-refractivity contribution >= 4 is 49.4 Å². The lowest BCUT2D eigenvalue weighted by Crippen LogP contribution is -2.21. The normalized spacial score (nSPS) is 13.9. The van der Waals surface area contributed by atoms with Crippen LogP contribution in [0.25, 0.3) is 76.8 Å². The van der Waals surface area contributed by atoms with Crippen LogP contribution in [0.4, 0.5) is 17.1 Å². The van der Waals surface area contributed by atoms with Crippen LogP contribution in [0.15, 0.2) is 206 Å². The number of aryl methyl sites for hydroxylation is 1. The van der Waals surface area contributed by atoms with E-state index >= 15 is 0 Å². The van der Waals surface area contributed by atoms with Crippen molar-refractivity contribution in [1.82, 2.24) is 0 Å². The number of benzene rings is 10. The standard InChI is InChI=1S/C60H45N/c1-40-27-29-44(30-28-40)61(46-31-33-49-48-24-13-14-26-55(48)60(56(49)38-46)35-15-16-36-60)45-32-34-51-54(37-45)47-23-11-12-25-50(47)58-53(42-19-7-3-8-20-42)39-52(41-17-5-2-6-18-41)57(59(51)58)43-21-9-4-10-22-43/h2-14,17-34,37-39H,15-16,35-36H2,1H3. The van der Waals surface area contributed by atoms with Gasteiger partial charge in [0.25, 0.3) is 0 Å². The van der Waals surface area contributed by atoms with Gasteiger partial charge in [0.05, 0.1) is 0 Å². The van der Waals surface area contributed by atoms with Crippen molar-refractivity contribution < 1.29 is 0 Å². The van der Waals surface area contributed by atoms with Crippen LogP contribution in [0.1, 0.15) is 42.4 Å². The molecule has 1 saturated carbocycles. The second kappa shape index (κ2) is 14.2. The number of hydrogen-bond acceptors (Lipinski definition) is 1. The smallest absolute Gasteiger partial charge is 0.0468 e. The van der Waals surface area contributed by atoms with Crippen molar-refractivity contribution in [2.45, 2.75) is 38.0 Å². The van der Waals surface area contributed by atoms with E-state index in [2.05, 4.69) is 218 Å². The van der Waals surface area contributed by atoms with E-state index in [0.717, 1.165) is 11.4 Å². The minimum atomic E-state index is 0.0835. The summed E-state index contributed by atoms with van der Waals surface area (Å²) in [5, 5.41) is 7.60. The van der Waals surface area contributed by atoms with Crippen molar-refractivity contribution in [3.05, 3.63) is 223 Å². The van der Waals surface area contributed by atoms with Gasteiger partial charge in [-0.2, -0.15) is 0 Å². The zero-order valence-electron chi connectivity index (χ0n) is 34.4. The Bertz CT molecular complexity index is 3290. The second-order valence-electron chi connectivity index (χ2n) is 17.2. The molecule has 0 N–H and O–H groups in total. The van der Waals surface area contributed by atoms with Gasteiger partial charge in [0.2, 0.25) is 0 Å². The molecule has 0 aromatic heterocycles. The molecule has 0 amide bonds. The highest BCUT2D eigenvalue weighted by atomic mass is 15.1. The lowest BCUT2D eigenvalue weighted by atomic mass is 9.76. The summed E-state index contributed by atoms with van der Waals surface area (Å²) in [7, 11) is 0. The molecule has 0 bridgehead atoms.